The van der Waals surface area contributed by atoms with Gasteiger partial charge in [0.2, 0.25) is 0 Å². The van der Waals surface area contributed by atoms with Crippen molar-refractivity contribution in [3.05, 3.63) is 64.2 Å². The molecule has 0 bridgehead atoms. The van der Waals surface area contributed by atoms with Crippen molar-refractivity contribution in [2.75, 3.05) is 11.4 Å². The first kappa shape index (κ1) is 12.7. The number of para-hydroxylation sites is 1. The molecule has 2 heterocycles. The lowest BCUT2D eigenvalue weighted by Crippen LogP contribution is -2.16. The first-order valence-electron chi connectivity index (χ1n) is 7.22. The number of anilines is 2. The lowest BCUT2D eigenvalue weighted by atomic mass is 10.0. The van der Waals surface area contributed by atoms with E-state index in [1.165, 1.54) is 16.8 Å². The minimum atomic E-state index is -0.297. The van der Waals surface area contributed by atoms with Crippen LogP contribution < -0.4 is 4.90 Å². The zero-order valence-corrected chi connectivity index (χ0v) is 11.9. The van der Waals surface area contributed by atoms with E-state index in [0.29, 0.717) is 5.56 Å². The van der Waals surface area contributed by atoms with Crippen molar-refractivity contribution < 1.29 is 9.58 Å². The number of benzene rings is 2. The van der Waals surface area contributed by atoms with Crippen LogP contribution in [0.4, 0.5) is 11.4 Å². The zero-order valence-electron chi connectivity index (χ0n) is 11.9. The Morgan fingerprint density at radius 1 is 1.18 bits per heavy atom. The molecule has 0 N–H and O–H groups in total. The van der Waals surface area contributed by atoms with Gasteiger partial charge in [-0.3, -0.25) is 4.79 Å². The van der Waals surface area contributed by atoms with E-state index in [4.69, 9.17) is 5.53 Å². The van der Waals surface area contributed by atoms with Gasteiger partial charge in [-0.25, -0.2) is 0 Å². The Morgan fingerprint density at radius 2 is 2.05 bits per heavy atom. The molecule has 2 aromatic rings. The van der Waals surface area contributed by atoms with Crippen molar-refractivity contribution in [3.63, 3.8) is 0 Å². The molecule has 0 unspecified atom stereocenters. The van der Waals surface area contributed by atoms with Crippen LogP contribution in [0.25, 0.3) is 17.7 Å². The first-order valence-corrected chi connectivity index (χ1v) is 7.22. The second kappa shape index (κ2) is 4.79. The molecule has 22 heavy (non-hydrogen) atoms. The van der Waals surface area contributed by atoms with E-state index in [0.717, 1.165) is 30.4 Å². The Labute approximate surface area is 127 Å². The fraction of sp³-hybridized carbons (Fsp3) is 0.111. The van der Waals surface area contributed by atoms with Gasteiger partial charge in [-0.05, 0) is 23.6 Å². The number of rotatable bonds is 2. The first-order chi connectivity index (χ1) is 10.8. The number of hydrogen-bond donors (Lipinski definition) is 0. The highest BCUT2D eigenvalue weighted by Gasteiger charge is 2.27. The highest BCUT2D eigenvalue weighted by molar-refractivity contribution is 6.34. The number of carbonyl (C=O) groups is 1. The molecular weight excluding hydrogens is 274 g/mol. The molecule has 4 heteroatoms. The van der Waals surface area contributed by atoms with E-state index < -0.39 is 0 Å². The third kappa shape index (κ3) is 1.75. The number of Topliss-reactive ketones (excluding diaryl/α,β-unsaturated/α-hetero) is 1. The number of ketones is 1. The summed E-state index contributed by atoms with van der Waals surface area (Å²) in [5.41, 5.74) is 14.8. The number of hydrogen-bond acceptors (Lipinski definition) is 2. The molecule has 0 amide bonds. The van der Waals surface area contributed by atoms with Gasteiger partial charge in [0.25, 0.3) is 5.78 Å². The summed E-state index contributed by atoms with van der Waals surface area (Å²) in [6.07, 6.45) is 5.97. The van der Waals surface area contributed by atoms with Gasteiger partial charge in [0, 0.05) is 23.4 Å². The zero-order chi connectivity index (χ0) is 15.1. The molecule has 0 saturated carbocycles. The third-order valence-corrected chi connectivity index (χ3v) is 4.27. The summed E-state index contributed by atoms with van der Waals surface area (Å²) in [7, 11) is 0. The van der Waals surface area contributed by atoms with E-state index in [1.807, 2.05) is 18.2 Å². The molecule has 0 atom stereocenters. The van der Waals surface area contributed by atoms with Gasteiger partial charge in [0.15, 0.2) is 0 Å². The quantitative estimate of drug-likeness (QED) is 0.368. The van der Waals surface area contributed by atoms with Gasteiger partial charge in [0.05, 0.1) is 5.69 Å². The summed E-state index contributed by atoms with van der Waals surface area (Å²) < 4.78 is 0. The molecule has 2 aliphatic rings. The van der Waals surface area contributed by atoms with Crippen LogP contribution in [0, 0.1) is 0 Å². The Bertz CT molecular complexity index is 876. The maximum atomic E-state index is 12.1. The van der Waals surface area contributed by atoms with Crippen LogP contribution in [-0.4, -0.2) is 23.3 Å². The van der Waals surface area contributed by atoms with Crippen LogP contribution in [0.15, 0.2) is 36.4 Å². The van der Waals surface area contributed by atoms with Crippen LogP contribution in [0.1, 0.15) is 27.0 Å². The SMILES string of the molecule is [N-]=[N+]=CC(=O)c1cccc2c1C=Cc1cccc3c1N2CC3. The van der Waals surface area contributed by atoms with Gasteiger partial charge < -0.3 is 10.4 Å². The fourth-order valence-corrected chi connectivity index (χ4v) is 3.34. The van der Waals surface area contributed by atoms with Crippen LogP contribution in [0.5, 0.6) is 0 Å². The van der Waals surface area contributed by atoms with Gasteiger partial charge >= 0.3 is 6.21 Å². The van der Waals surface area contributed by atoms with Crippen molar-refractivity contribution in [2.45, 2.75) is 6.42 Å². The Morgan fingerprint density at radius 3 is 2.91 bits per heavy atom. The Kier molecular flexibility index (Phi) is 2.78. The topological polar surface area (TPSA) is 56.7 Å². The second-order valence-corrected chi connectivity index (χ2v) is 5.44. The van der Waals surface area contributed by atoms with Crippen LogP contribution in [0.2, 0.25) is 0 Å². The lowest BCUT2D eigenvalue weighted by molar-refractivity contribution is 0.00234. The predicted molar refractivity (Wildman–Crippen MR) is 86.5 cm³/mol. The molecule has 0 spiro atoms. The van der Waals surface area contributed by atoms with Gasteiger partial charge in [0.1, 0.15) is 0 Å². The van der Waals surface area contributed by atoms with Crippen molar-refractivity contribution in [1.29, 1.82) is 0 Å². The van der Waals surface area contributed by atoms with E-state index in [2.05, 4.69) is 34.0 Å². The normalized spacial score (nSPS) is 13.9. The van der Waals surface area contributed by atoms with E-state index >= 15 is 0 Å². The summed E-state index contributed by atoms with van der Waals surface area (Å²) in [5, 5.41) is 0. The molecule has 0 radical (unpaired) electrons. The summed E-state index contributed by atoms with van der Waals surface area (Å²) >= 11 is 0. The van der Waals surface area contributed by atoms with Gasteiger partial charge in [-0.2, -0.15) is 4.79 Å². The van der Waals surface area contributed by atoms with E-state index in [-0.39, 0.29) is 5.78 Å². The highest BCUT2D eigenvalue weighted by Crippen LogP contribution is 2.43. The fourth-order valence-electron chi connectivity index (χ4n) is 3.34. The van der Waals surface area contributed by atoms with E-state index in [9.17, 15) is 4.79 Å². The highest BCUT2D eigenvalue weighted by atomic mass is 16.1. The molecule has 4 nitrogen and oxygen atoms in total. The molecule has 4 rings (SSSR count). The average molecular weight is 287 g/mol. The molecule has 2 aliphatic heterocycles. The summed E-state index contributed by atoms with van der Waals surface area (Å²) in [4.78, 5) is 17.3. The van der Waals surface area contributed by atoms with Crippen molar-refractivity contribution in [3.8, 4) is 0 Å². The number of nitrogens with zero attached hydrogens (tertiary/aromatic N) is 3. The molecule has 0 saturated heterocycles. The average Bonchev–Trinajstić information content (AvgIpc) is 2.89. The summed E-state index contributed by atoms with van der Waals surface area (Å²) in [5.74, 6) is -0.297. The largest absolute Gasteiger partial charge is 0.361 e. The lowest BCUT2D eigenvalue weighted by Gasteiger charge is -2.22. The summed E-state index contributed by atoms with van der Waals surface area (Å²) in [6.45, 7) is 0.909. The van der Waals surface area contributed by atoms with E-state index in [1.54, 1.807) is 6.07 Å². The second-order valence-electron chi connectivity index (χ2n) is 5.44. The standard InChI is InChI=1S/C18H13N3O/c19-20-11-17(22)15-5-2-6-16-14(15)8-7-12-3-1-4-13-9-10-21(16)18(12)13/h1-8,11H,9-10H2. The molecule has 2 aromatic carbocycles. The molecule has 0 fully saturated rings. The minimum absolute atomic E-state index is 0.297. The molecule has 106 valence electrons. The monoisotopic (exact) mass is 287 g/mol. The van der Waals surface area contributed by atoms with Crippen molar-refractivity contribution in [1.82, 2.24) is 0 Å². The number of carbonyl (C=O) groups excluding carboxylic acids is 1. The van der Waals surface area contributed by atoms with Crippen LogP contribution >= 0.6 is 0 Å². The molecular formula is C18H13N3O. The van der Waals surface area contributed by atoms with Crippen LogP contribution in [0.3, 0.4) is 0 Å². The van der Waals surface area contributed by atoms with Crippen molar-refractivity contribution >= 4 is 35.5 Å². The molecule has 0 aromatic heterocycles. The van der Waals surface area contributed by atoms with Crippen molar-refractivity contribution in [2.24, 2.45) is 0 Å². The minimum Gasteiger partial charge on any atom is -0.361 e. The molecule has 0 aliphatic carbocycles. The van der Waals surface area contributed by atoms with Crippen LogP contribution in [-0.2, 0) is 6.42 Å². The maximum Gasteiger partial charge on any atom is 0.328 e. The third-order valence-electron chi connectivity index (χ3n) is 4.27. The Balaban J connectivity index is 1.97. The van der Waals surface area contributed by atoms with Gasteiger partial charge in [-0.15, -0.1) is 0 Å². The smallest absolute Gasteiger partial charge is 0.328 e. The van der Waals surface area contributed by atoms with Gasteiger partial charge in [-0.1, -0.05) is 42.5 Å². The maximum absolute atomic E-state index is 12.1. The Hall–Kier alpha value is -2.97. The summed E-state index contributed by atoms with van der Waals surface area (Å²) in [6, 6.07) is 12.0. The number of fused-ring (bicyclic) bond motifs is 2. The predicted octanol–water partition coefficient (Wildman–Crippen LogP) is 3.35.